The number of rotatable bonds is 5. The molecule has 4 aliphatic carbocycles. The smallest absolute Gasteiger partial charge is 0.157 e. The van der Waals surface area contributed by atoms with Crippen molar-refractivity contribution >= 4 is 17.2 Å². The summed E-state index contributed by atoms with van der Waals surface area (Å²) in [5.41, 5.74) is 6.88. The lowest BCUT2D eigenvalue weighted by Crippen LogP contribution is -2.50. The van der Waals surface area contributed by atoms with Crippen molar-refractivity contribution in [3.05, 3.63) is 24.0 Å². The van der Waals surface area contributed by atoms with Crippen LogP contribution in [0.1, 0.15) is 78.1 Å². The van der Waals surface area contributed by atoms with Crippen LogP contribution in [0.15, 0.2) is 18.2 Å². The molecule has 0 saturated heterocycles. The third-order valence-electron chi connectivity index (χ3n) is 10.7. The Morgan fingerprint density at radius 2 is 1.88 bits per heavy atom. The van der Waals surface area contributed by atoms with E-state index in [0.717, 1.165) is 36.0 Å². The Morgan fingerprint density at radius 1 is 1.09 bits per heavy atom. The second kappa shape index (κ2) is 8.87. The maximum Gasteiger partial charge on any atom is 0.157 e. The topological polar surface area (TPSA) is 72.3 Å². The monoisotopic (exact) mass is 455 g/mol. The quantitative estimate of drug-likeness (QED) is 0.327. The SMILES string of the molecule is CCC1CCC2C(CCC3C2CCC2(C)C(C(=O)CN(N)c4cc(F)ccc4N)CCC32)C1. The number of nitrogen functional groups attached to an aromatic ring is 1. The number of hydrazine groups is 1. The number of anilines is 2. The highest BCUT2D eigenvalue weighted by atomic mass is 19.1. The van der Waals surface area contributed by atoms with Gasteiger partial charge in [0.2, 0.25) is 0 Å². The van der Waals surface area contributed by atoms with E-state index in [2.05, 4.69) is 13.8 Å². The number of fused-ring (bicyclic) bond motifs is 5. The number of hydrogen-bond donors (Lipinski definition) is 2. The molecule has 4 aliphatic rings. The average molecular weight is 456 g/mol. The van der Waals surface area contributed by atoms with E-state index in [1.54, 1.807) is 0 Å². The predicted molar refractivity (Wildman–Crippen MR) is 132 cm³/mol. The van der Waals surface area contributed by atoms with E-state index in [4.69, 9.17) is 11.6 Å². The van der Waals surface area contributed by atoms with Gasteiger partial charge < -0.3 is 10.7 Å². The van der Waals surface area contributed by atoms with E-state index in [9.17, 15) is 9.18 Å². The van der Waals surface area contributed by atoms with Gasteiger partial charge in [0.1, 0.15) is 5.82 Å². The van der Waals surface area contributed by atoms with Crippen molar-refractivity contribution in [1.82, 2.24) is 0 Å². The number of carbonyl (C=O) groups is 1. The first-order chi connectivity index (χ1) is 15.8. The summed E-state index contributed by atoms with van der Waals surface area (Å²) in [5, 5.41) is 1.35. The number of benzene rings is 1. The molecule has 0 bridgehead atoms. The molecule has 4 nitrogen and oxygen atoms in total. The minimum Gasteiger partial charge on any atom is -0.397 e. The van der Waals surface area contributed by atoms with Crippen molar-refractivity contribution in [3.63, 3.8) is 0 Å². The summed E-state index contributed by atoms with van der Waals surface area (Å²) in [4.78, 5) is 13.5. The third kappa shape index (κ3) is 3.98. The second-order valence-electron chi connectivity index (χ2n) is 12.0. The van der Waals surface area contributed by atoms with Gasteiger partial charge in [0, 0.05) is 12.0 Å². The Balaban J connectivity index is 1.28. The lowest BCUT2D eigenvalue weighted by molar-refractivity contribution is -0.129. The molecule has 1 aromatic carbocycles. The summed E-state index contributed by atoms with van der Waals surface area (Å²) in [6.45, 7) is 4.85. The first kappa shape index (κ1) is 23.1. The van der Waals surface area contributed by atoms with Gasteiger partial charge in [-0.25, -0.2) is 10.2 Å². The molecule has 4 fully saturated rings. The van der Waals surface area contributed by atoms with Crippen molar-refractivity contribution in [2.45, 2.75) is 78.1 Å². The highest BCUT2D eigenvalue weighted by molar-refractivity contribution is 5.87. The largest absolute Gasteiger partial charge is 0.397 e. The van der Waals surface area contributed by atoms with E-state index in [0.29, 0.717) is 17.3 Å². The minimum atomic E-state index is -0.392. The number of nitrogens with two attached hydrogens (primary N) is 2. The Hall–Kier alpha value is -1.62. The maximum atomic E-state index is 13.7. The number of Topliss-reactive ketones (excluding diaryl/α,β-unsaturated/α-hetero) is 1. The van der Waals surface area contributed by atoms with Crippen LogP contribution in [0.25, 0.3) is 0 Å². The summed E-state index contributed by atoms with van der Waals surface area (Å²) < 4.78 is 13.7. The van der Waals surface area contributed by atoms with Crippen LogP contribution in [0.4, 0.5) is 15.8 Å². The van der Waals surface area contributed by atoms with Crippen LogP contribution in [0.3, 0.4) is 0 Å². The molecule has 4 N–H and O–H groups in total. The van der Waals surface area contributed by atoms with Crippen LogP contribution in [0.5, 0.6) is 0 Å². The van der Waals surface area contributed by atoms with Crippen molar-refractivity contribution in [3.8, 4) is 0 Å². The first-order valence-corrected chi connectivity index (χ1v) is 13.4. The highest BCUT2D eigenvalue weighted by Crippen LogP contribution is 2.64. The molecule has 33 heavy (non-hydrogen) atoms. The van der Waals surface area contributed by atoms with E-state index in [1.165, 1.54) is 81.0 Å². The molecule has 0 spiro atoms. The molecule has 0 aromatic heterocycles. The van der Waals surface area contributed by atoms with Gasteiger partial charge in [-0.05, 0) is 104 Å². The van der Waals surface area contributed by atoms with Crippen molar-refractivity contribution in [2.24, 2.45) is 52.7 Å². The molecule has 0 aliphatic heterocycles. The summed E-state index contributed by atoms with van der Waals surface area (Å²) in [6.07, 6.45) is 13.1. The summed E-state index contributed by atoms with van der Waals surface area (Å²) in [7, 11) is 0. The Labute approximate surface area is 198 Å². The fourth-order valence-electron chi connectivity index (χ4n) is 8.98. The van der Waals surface area contributed by atoms with E-state index < -0.39 is 5.82 Å². The molecule has 5 rings (SSSR count). The van der Waals surface area contributed by atoms with Crippen LogP contribution in [-0.4, -0.2) is 12.3 Å². The normalized spacial score (nSPS) is 39.9. The number of ketones is 1. The van der Waals surface area contributed by atoms with Crippen LogP contribution >= 0.6 is 0 Å². The van der Waals surface area contributed by atoms with Crippen LogP contribution in [0.2, 0.25) is 0 Å². The van der Waals surface area contributed by atoms with Gasteiger partial charge in [0.15, 0.2) is 5.78 Å². The zero-order valence-electron chi connectivity index (χ0n) is 20.4. The lowest BCUT2D eigenvalue weighted by Gasteiger charge is -2.56. The molecule has 0 amide bonds. The molecule has 5 heteroatoms. The molecule has 0 heterocycles. The number of nitrogens with zero attached hydrogens (tertiary/aromatic N) is 1. The summed E-state index contributed by atoms with van der Waals surface area (Å²) in [5.74, 6) is 11.3. The molecule has 0 radical (unpaired) electrons. The predicted octanol–water partition coefficient (Wildman–Crippen LogP) is 5.95. The van der Waals surface area contributed by atoms with Gasteiger partial charge in [0.25, 0.3) is 0 Å². The molecular weight excluding hydrogens is 413 g/mol. The van der Waals surface area contributed by atoms with Crippen LogP contribution < -0.4 is 16.6 Å². The maximum absolute atomic E-state index is 13.7. The second-order valence-corrected chi connectivity index (χ2v) is 12.0. The summed E-state index contributed by atoms with van der Waals surface area (Å²) in [6, 6.07) is 4.14. The molecule has 1 aromatic rings. The van der Waals surface area contributed by atoms with E-state index in [1.807, 2.05) is 0 Å². The fourth-order valence-corrected chi connectivity index (χ4v) is 8.98. The lowest BCUT2D eigenvalue weighted by atomic mass is 9.49. The van der Waals surface area contributed by atoms with Crippen LogP contribution in [-0.2, 0) is 4.79 Å². The van der Waals surface area contributed by atoms with Gasteiger partial charge in [-0.3, -0.25) is 4.79 Å². The molecular formula is C28H42FN3O. The summed E-state index contributed by atoms with van der Waals surface area (Å²) >= 11 is 0. The average Bonchev–Trinajstić information content (AvgIpc) is 3.17. The van der Waals surface area contributed by atoms with Crippen LogP contribution in [0, 0.1) is 52.7 Å². The first-order valence-electron chi connectivity index (χ1n) is 13.4. The number of hydrogen-bond acceptors (Lipinski definition) is 4. The Morgan fingerprint density at radius 3 is 2.67 bits per heavy atom. The number of carbonyl (C=O) groups excluding carboxylic acids is 1. The van der Waals surface area contributed by atoms with Gasteiger partial charge in [-0.2, -0.15) is 0 Å². The molecule has 8 unspecified atom stereocenters. The van der Waals surface area contributed by atoms with Crippen molar-refractivity contribution < 1.29 is 9.18 Å². The Bertz CT molecular complexity index is 890. The minimum absolute atomic E-state index is 0.0536. The standard InChI is InChI=1S/C28H42FN3O/c1-3-17-4-7-20-18(14-17)5-8-22-21(20)12-13-28(2)23(22)9-10-24(28)27(33)16-32(31)26-15-19(29)6-11-25(26)30/h6,11,15,17-18,20-24H,3-5,7-10,12-14,16,30-31H2,1-2H3. The zero-order chi connectivity index (χ0) is 23.3. The third-order valence-corrected chi connectivity index (χ3v) is 10.7. The van der Waals surface area contributed by atoms with Crippen molar-refractivity contribution in [2.75, 3.05) is 17.3 Å². The van der Waals surface area contributed by atoms with Gasteiger partial charge in [-0.1, -0.05) is 26.7 Å². The fraction of sp³-hybridized carbons (Fsp3) is 0.750. The van der Waals surface area contributed by atoms with Crippen molar-refractivity contribution in [1.29, 1.82) is 0 Å². The van der Waals surface area contributed by atoms with E-state index in [-0.39, 0.29) is 23.7 Å². The van der Waals surface area contributed by atoms with E-state index >= 15 is 0 Å². The van der Waals surface area contributed by atoms with Gasteiger partial charge in [0.05, 0.1) is 17.9 Å². The zero-order valence-corrected chi connectivity index (χ0v) is 20.4. The number of halogens is 1. The van der Waals surface area contributed by atoms with Gasteiger partial charge >= 0.3 is 0 Å². The molecule has 4 saturated carbocycles. The Kier molecular flexibility index (Phi) is 6.22. The van der Waals surface area contributed by atoms with Gasteiger partial charge in [-0.15, -0.1) is 0 Å². The molecule has 182 valence electrons. The highest BCUT2D eigenvalue weighted by Gasteiger charge is 2.58. The molecule has 8 atom stereocenters.